The fourth-order valence-corrected chi connectivity index (χ4v) is 1.62. The molecule has 2 saturated heterocycles. The molecule has 10 nitrogen and oxygen atoms in total. The second-order valence-corrected chi connectivity index (χ2v) is 4.37. The van der Waals surface area contributed by atoms with E-state index in [0.29, 0.717) is 13.1 Å². The molecule has 12 heteroatoms. The van der Waals surface area contributed by atoms with E-state index in [2.05, 4.69) is 14.8 Å². The van der Waals surface area contributed by atoms with Crippen molar-refractivity contribution in [3.05, 3.63) is 10.4 Å². The van der Waals surface area contributed by atoms with Crippen LogP contribution >= 0.6 is 0 Å². The summed E-state index contributed by atoms with van der Waals surface area (Å²) in [5.74, 6) is 0. The van der Waals surface area contributed by atoms with Crippen LogP contribution in [0.4, 0.5) is 9.59 Å². The number of rotatable bonds is 3. The van der Waals surface area contributed by atoms with Crippen molar-refractivity contribution in [2.24, 2.45) is 5.11 Å². The average molecular weight is 427 g/mol. The van der Waals surface area contributed by atoms with Gasteiger partial charge in [0.25, 0.3) is 0 Å². The van der Waals surface area contributed by atoms with Crippen molar-refractivity contribution < 1.29 is 99.6 Å². The summed E-state index contributed by atoms with van der Waals surface area (Å²) in [4.78, 5) is 26.7. The van der Waals surface area contributed by atoms with Gasteiger partial charge >= 0.3 is 12.2 Å². The van der Waals surface area contributed by atoms with Crippen LogP contribution in [0.25, 0.3) is 10.4 Å². The Morgan fingerprint density at radius 2 is 1.42 bits per heavy atom. The number of amides is 2. The van der Waals surface area contributed by atoms with Gasteiger partial charge in [0.15, 0.2) is 0 Å². The maximum absolute atomic E-state index is 10.7. The van der Waals surface area contributed by atoms with Crippen LogP contribution in [0.2, 0.25) is 0 Å². The third-order valence-corrected chi connectivity index (χ3v) is 2.67. The average Bonchev–Trinajstić information content (AvgIpc) is 3.11. The van der Waals surface area contributed by atoms with E-state index >= 15 is 0 Å². The molecule has 1 N–H and O–H groups in total. The summed E-state index contributed by atoms with van der Waals surface area (Å²) < 4.78 is 9.46. The molecule has 2 unspecified atom stereocenters. The van der Waals surface area contributed by atoms with E-state index in [9.17, 15) is 9.59 Å². The van der Waals surface area contributed by atoms with E-state index in [1.165, 1.54) is 9.80 Å². The number of ether oxygens (including phenoxy) is 2. The van der Waals surface area contributed by atoms with Crippen LogP contribution in [0.5, 0.6) is 0 Å². The molecule has 0 aromatic heterocycles. The van der Waals surface area contributed by atoms with Crippen molar-refractivity contribution in [1.29, 1.82) is 0 Å². The van der Waals surface area contributed by atoms with Gasteiger partial charge in [0.2, 0.25) is 0 Å². The van der Waals surface area contributed by atoms with Crippen LogP contribution in [0, 0.1) is 75.5 Å². The topological polar surface area (TPSA) is 128 Å². The maximum atomic E-state index is 10.7. The summed E-state index contributed by atoms with van der Waals surface area (Å²) in [5.41, 5.74) is 7.96. The minimum Gasteiger partial charge on any atom is -0.444 e. The third kappa shape index (κ3) is 14.4. The minimum absolute atomic E-state index is 0. The predicted octanol–water partition coefficient (Wildman–Crippen LogP) is 2.23. The summed E-state index contributed by atoms with van der Waals surface area (Å²) in [5, 5.41) is 11.8. The zero-order valence-corrected chi connectivity index (χ0v) is 17.4. The summed E-state index contributed by atoms with van der Waals surface area (Å²) in [6.45, 7) is 9.12. The Labute approximate surface area is 215 Å². The molecule has 2 atom stereocenters. The van der Waals surface area contributed by atoms with Gasteiger partial charge < -0.3 is 24.4 Å². The van der Waals surface area contributed by atoms with Crippen molar-refractivity contribution in [2.75, 3.05) is 40.3 Å². The maximum Gasteiger partial charge on any atom is 0.410 e. The fourth-order valence-electron chi connectivity index (χ4n) is 1.62. The molecule has 0 bridgehead atoms. The van der Waals surface area contributed by atoms with Crippen molar-refractivity contribution in [3.8, 4) is 0 Å². The zero-order valence-electron chi connectivity index (χ0n) is 16.0. The van der Waals surface area contributed by atoms with Crippen LogP contribution in [-0.4, -0.2) is 79.6 Å². The molecule has 2 aliphatic heterocycles. The molecule has 0 aliphatic carbocycles. The normalized spacial score (nSPS) is 19.3. The summed E-state index contributed by atoms with van der Waals surface area (Å²) in [7, 11) is 3.27. The minimum atomic E-state index is -0.358. The summed E-state index contributed by atoms with van der Waals surface area (Å²) >= 11 is 0. The van der Waals surface area contributed by atoms with Crippen LogP contribution in [-0.2, 0) is 9.47 Å². The Hall–Kier alpha value is 0.329. The van der Waals surface area contributed by atoms with E-state index in [0.717, 1.165) is 0 Å². The van der Waals surface area contributed by atoms with Crippen LogP contribution in [0.1, 0.15) is 27.7 Å². The Morgan fingerprint density at radius 1 is 1.04 bits per heavy atom. The van der Waals surface area contributed by atoms with E-state index in [-0.39, 0.29) is 113 Å². The molecule has 2 rings (SSSR count). The first-order valence-electron chi connectivity index (χ1n) is 7.93. The molecule has 2 fully saturated rings. The molecule has 0 aromatic rings. The summed E-state index contributed by atoms with van der Waals surface area (Å²) in [6, 6.07) is 0. The van der Waals surface area contributed by atoms with Gasteiger partial charge in [-0.1, -0.05) is 32.8 Å². The molecule has 156 valence electrons. The molecule has 2 aliphatic rings. The predicted molar refractivity (Wildman–Crippen MR) is 89.6 cm³/mol. The number of azide groups is 1. The van der Waals surface area contributed by atoms with Gasteiger partial charge in [0.1, 0.15) is 12.2 Å². The Balaban J connectivity index is -0.000000148. The number of carbonyl (C=O) groups is 2. The smallest absolute Gasteiger partial charge is 0.410 e. The quantitative estimate of drug-likeness (QED) is 0.420. The molecule has 2 heterocycles. The number of cyclic esters (lactones) is 2. The number of hydrogen-bond acceptors (Lipinski definition) is 6. The van der Waals surface area contributed by atoms with Crippen molar-refractivity contribution >= 4 is 12.2 Å². The molecule has 2 amide bonds. The van der Waals surface area contributed by atoms with Gasteiger partial charge in [0.05, 0.1) is 26.2 Å². The van der Waals surface area contributed by atoms with E-state index in [1.54, 1.807) is 14.1 Å². The van der Waals surface area contributed by atoms with Crippen LogP contribution in [0.3, 0.4) is 0 Å². The molecular formula is C14H29Ar2N5O5. The molecular weight excluding hydrogens is 398 g/mol. The molecule has 0 aromatic carbocycles. The number of aliphatic hydroxyl groups is 1. The number of hydrogen-bond donors (Lipinski definition) is 1. The first-order chi connectivity index (χ1) is 11.5. The number of carbonyl (C=O) groups excluding carboxylic acids is 2. The SMILES string of the molecule is CC.CC.CN1CC(CN=[N+]=[N-])OC1=O.CN1CC(CO)OC1=O.[Ar].[Ar]. The van der Waals surface area contributed by atoms with Crippen molar-refractivity contribution in [2.45, 2.75) is 39.9 Å². The number of aliphatic hydroxyl groups excluding tert-OH is 1. The monoisotopic (exact) mass is 427 g/mol. The van der Waals surface area contributed by atoms with E-state index in [4.69, 9.17) is 15.4 Å². The third-order valence-electron chi connectivity index (χ3n) is 2.67. The van der Waals surface area contributed by atoms with Gasteiger partial charge in [-0.3, -0.25) is 0 Å². The first-order valence-corrected chi connectivity index (χ1v) is 7.93. The largest absolute Gasteiger partial charge is 0.444 e. The second kappa shape index (κ2) is 21.6. The molecule has 0 spiro atoms. The van der Waals surface area contributed by atoms with Crippen LogP contribution in [0.15, 0.2) is 5.11 Å². The van der Waals surface area contributed by atoms with E-state index < -0.39 is 0 Å². The number of nitrogens with zero attached hydrogens (tertiary/aromatic N) is 5. The van der Waals surface area contributed by atoms with Gasteiger partial charge in [0, 0.05) is 94.5 Å². The summed E-state index contributed by atoms with van der Waals surface area (Å²) in [6.07, 6.45) is -1.30. The Kier molecular flexibility index (Phi) is 28.2. The Morgan fingerprint density at radius 3 is 1.65 bits per heavy atom. The second-order valence-electron chi connectivity index (χ2n) is 4.37. The molecule has 26 heavy (non-hydrogen) atoms. The van der Waals surface area contributed by atoms with Gasteiger partial charge in [-0.2, -0.15) is 0 Å². The fraction of sp³-hybridized carbons (Fsp3) is 0.857. The van der Waals surface area contributed by atoms with Gasteiger partial charge in [-0.05, 0) is 5.53 Å². The van der Waals surface area contributed by atoms with E-state index in [1.807, 2.05) is 27.7 Å². The van der Waals surface area contributed by atoms with Gasteiger partial charge in [-0.15, -0.1) is 0 Å². The van der Waals surface area contributed by atoms with Crippen LogP contribution < -0.4 is 0 Å². The zero-order chi connectivity index (χ0) is 19.1. The molecule has 0 saturated carbocycles. The first kappa shape index (κ1) is 33.9. The standard InChI is InChI=1S/C5H8N4O2.C5H9NO3.2C2H6.2Ar/c1-9-3-4(2-7-8-6)11-5(9)10;1-6-2-4(3-7)9-5(6)8;2*1-2;;/h4H,2-3H2,1H3;4,7H,2-3H2,1H3;2*1-2H3;;. The van der Waals surface area contributed by atoms with Gasteiger partial charge in [-0.25, -0.2) is 9.59 Å². The van der Waals surface area contributed by atoms with Crippen molar-refractivity contribution in [3.63, 3.8) is 0 Å². The van der Waals surface area contributed by atoms with Crippen molar-refractivity contribution in [1.82, 2.24) is 9.80 Å². The molecule has 0 radical (unpaired) electrons. The number of likely N-dealkylation sites (N-methyl/N-ethyl adjacent to an activating group) is 2. The Bertz CT molecular complexity index is 423.